The van der Waals surface area contributed by atoms with Crippen LogP contribution in [0.3, 0.4) is 0 Å². The van der Waals surface area contributed by atoms with Crippen molar-refractivity contribution in [3.05, 3.63) is 58.3 Å². The van der Waals surface area contributed by atoms with E-state index >= 15 is 0 Å². The van der Waals surface area contributed by atoms with Crippen molar-refractivity contribution in [2.24, 2.45) is 5.92 Å². The average Bonchev–Trinajstić information content (AvgIpc) is 3.13. The second-order valence-corrected chi connectivity index (χ2v) is 6.02. The number of hydrogen-bond donors (Lipinski definition) is 0. The fourth-order valence-electron chi connectivity index (χ4n) is 2.85. The van der Waals surface area contributed by atoms with Gasteiger partial charge >= 0.3 is 0 Å². The molecule has 6 nitrogen and oxygen atoms in total. The van der Waals surface area contributed by atoms with Gasteiger partial charge in [0.1, 0.15) is 11.5 Å². The third-order valence-corrected chi connectivity index (χ3v) is 4.26. The van der Waals surface area contributed by atoms with Crippen LogP contribution in [0.15, 0.2) is 41.2 Å². The first kappa shape index (κ1) is 17.3. The number of amides is 1. The van der Waals surface area contributed by atoms with Gasteiger partial charge in [-0.25, -0.2) is 4.39 Å². The van der Waals surface area contributed by atoms with Crippen molar-refractivity contribution in [1.82, 2.24) is 14.7 Å². The van der Waals surface area contributed by atoms with Crippen molar-refractivity contribution >= 4 is 5.91 Å². The second-order valence-electron chi connectivity index (χ2n) is 6.02. The number of carbonyl (C=O) groups excluding carboxylic acids is 1. The molecule has 0 radical (unpaired) electrons. The van der Waals surface area contributed by atoms with Crippen LogP contribution in [-0.2, 0) is 4.74 Å². The summed E-state index contributed by atoms with van der Waals surface area (Å²) in [5.74, 6) is -0.308. The fourth-order valence-corrected chi connectivity index (χ4v) is 2.85. The Morgan fingerprint density at radius 2 is 2.08 bits per heavy atom. The van der Waals surface area contributed by atoms with Crippen molar-refractivity contribution in [2.75, 3.05) is 26.3 Å². The van der Waals surface area contributed by atoms with Crippen molar-refractivity contribution in [1.29, 1.82) is 0 Å². The van der Waals surface area contributed by atoms with Gasteiger partial charge in [-0.05, 0) is 43.7 Å². The van der Waals surface area contributed by atoms with E-state index in [9.17, 15) is 14.0 Å². The van der Waals surface area contributed by atoms with Crippen molar-refractivity contribution in [2.45, 2.75) is 13.3 Å². The Kier molecular flexibility index (Phi) is 5.23. The number of benzene rings is 1. The van der Waals surface area contributed by atoms with Crippen LogP contribution < -0.4 is 5.56 Å². The van der Waals surface area contributed by atoms with Gasteiger partial charge in [0, 0.05) is 31.7 Å². The summed E-state index contributed by atoms with van der Waals surface area (Å²) >= 11 is 0. The molecule has 25 heavy (non-hydrogen) atoms. The minimum absolute atomic E-state index is 0.185. The molecule has 1 aliphatic rings. The van der Waals surface area contributed by atoms with Crippen molar-refractivity contribution in [3.63, 3.8) is 0 Å². The largest absolute Gasteiger partial charge is 0.381 e. The first-order valence-electron chi connectivity index (χ1n) is 8.32. The molecule has 1 fully saturated rings. The monoisotopic (exact) mass is 345 g/mol. The number of ether oxygens (including phenoxy) is 1. The van der Waals surface area contributed by atoms with E-state index in [1.165, 1.54) is 36.4 Å². The van der Waals surface area contributed by atoms with Crippen molar-refractivity contribution < 1.29 is 13.9 Å². The van der Waals surface area contributed by atoms with E-state index in [4.69, 9.17) is 4.74 Å². The maximum absolute atomic E-state index is 13.1. The molecule has 7 heteroatoms. The first-order chi connectivity index (χ1) is 12.1. The SMILES string of the molecule is CCN(CC1CCOC1)C(=O)c1ccc(=O)n(-c2ccc(F)cc2)n1. The molecular weight excluding hydrogens is 325 g/mol. The lowest BCUT2D eigenvalue weighted by atomic mass is 10.1. The molecule has 132 valence electrons. The van der Waals surface area contributed by atoms with Gasteiger partial charge < -0.3 is 9.64 Å². The van der Waals surface area contributed by atoms with Crippen LogP contribution in [0.25, 0.3) is 5.69 Å². The van der Waals surface area contributed by atoms with Crippen LogP contribution in [0, 0.1) is 11.7 Å². The van der Waals surface area contributed by atoms with E-state index in [0.29, 0.717) is 31.3 Å². The van der Waals surface area contributed by atoms with Gasteiger partial charge in [0.05, 0.1) is 12.3 Å². The highest BCUT2D eigenvalue weighted by atomic mass is 19.1. The molecule has 1 aromatic heterocycles. The zero-order valence-corrected chi connectivity index (χ0v) is 14.0. The minimum Gasteiger partial charge on any atom is -0.381 e. The maximum atomic E-state index is 13.1. The number of halogens is 1. The van der Waals surface area contributed by atoms with Gasteiger partial charge in [-0.3, -0.25) is 9.59 Å². The Morgan fingerprint density at radius 1 is 1.32 bits per heavy atom. The molecule has 3 rings (SSSR count). The molecule has 1 atom stereocenters. The molecule has 2 heterocycles. The zero-order valence-electron chi connectivity index (χ0n) is 14.0. The van der Waals surface area contributed by atoms with Crippen LogP contribution in [-0.4, -0.2) is 46.9 Å². The van der Waals surface area contributed by atoms with Gasteiger partial charge in [0.15, 0.2) is 0 Å². The summed E-state index contributed by atoms with van der Waals surface area (Å²) in [5, 5.41) is 4.17. The Balaban J connectivity index is 1.86. The van der Waals surface area contributed by atoms with Gasteiger partial charge in [0.2, 0.25) is 0 Å². The molecule has 0 N–H and O–H groups in total. The Morgan fingerprint density at radius 3 is 2.72 bits per heavy atom. The molecule has 2 aromatic rings. The molecule has 1 amide bonds. The number of hydrogen-bond acceptors (Lipinski definition) is 4. The Bertz CT molecular complexity index is 798. The fraction of sp³-hybridized carbons (Fsp3) is 0.389. The summed E-state index contributed by atoms with van der Waals surface area (Å²) in [7, 11) is 0. The third kappa shape index (κ3) is 3.93. The highest BCUT2D eigenvalue weighted by Gasteiger charge is 2.23. The van der Waals surface area contributed by atoms with E-state index in [1.54, 1.807) is 4.90 Å². The summed E-state index contributed by atoms with van der Waals surface area (Å²) in [6.07, 6.45) is 0.937. The molecule has 1 aromatic carbocycles. The van der Waals surface area contributed by atoms with E-state index in [-0.39, 0.29) is 17.2 Å². The smallest absolute Gasteiger partial charge is 0.274 e. The average molecular weight is 345 g/mol. The minimum atomic E-state index is -0.403. The van der Waals surface area contributed by atoms with Crippen molar-refractivity contribution in [3.8, 4) is 5.69 Å². The standard InChI is InChI=1S/C18H20FN3O3/c1-2-21(11-13-9-10-25-12-13)18(24)16-7-8-17(23)22(20-16)15-5-3-14(19)4-6-15/h3-8,13H,2,9-12H2,1H3. The van der Waals surface area contributed by atoms with E-state index in [2.05, 4.69) is 5.10 Å². The van der Waals surface area contributed by atoms with Crippen LogP contribution in [0.5, 0.6) is 0 Å². The topological polar surface area (TPSA) is 64.4 Å². The van der Waals surface area contributed by atoms with Gasteiger partial charge in [-0.15, -0.1) is 0 Å². The number of rotatable bonds is 5. The molecule has 1 aliphatic heterocycles. The summed E-state index contributed by atoms with van der Waals surface area (Å²) in [6, 6.07) is 8.12. The summed E-state index contributed by atoms with van der Waals surface area (Å²) in [5.41, 5.74) is 0.216. The lowest BCUT2D eigenvalue weighted by Gasteiger charge is -2.23. The molecule has 1 saturated heterocycles. The van der Waals surface area contributed by atoms with Crippen LogP contribution in [0.4, 0.5) is 4.39 Å². The third-order valence-electron chi connectivity index (χ3n) is 4.26. The number of carbonyl (C=O) groups is 1. The molecule has 0 bridgehead atoms. The van der Waals surface area contributed by atoms with Gasteiger partial charge in [-0.2, -0.15) is 9.78 Å². The highest BCUT2D eigenvalue weighted by molar-refractivity contribution is 5.92. The van der Waals surface area contributed by atoms with Crippen LogP contribution in [0.2, 0.25) is 0 Å². The summed E-state index contributed by atoms with van der Waals surface area (Å²) in [4.78, 5) is 26.5. The predicted octanol–water partition coefficient (Wildman–Crippen LogP) is 1.87. The highest BCUT2D eigenvalue weighted by Crippen LogP contribution is 2.15. The molecule has 0 aliphatic carbocycles. The lowest BCUT2D eigenvalue weighted by Crippen LogP contribution is -2.37. The van der Waals surface area contributed by atoms with E-state index in [0.717, 1.165) is 17.7 Å². The summed E-state index contributed by atoms with van der Waals surface area (Å²) < 4.78 is 19.5. The van der Waals surface area contributed by atoms with E-state index in [1.807, 2.05) is 6.92 Å². The van der Waals surface area contributed by atoms with Crippen LogP contribution in [0.1, 0.15) is 23.8 Å². The molecule has 0 spiro atoms. The van der Waals surface area contributed by atoms with Gasteiger partial charge in [-0.1, -0.05) is 0 Å². The first-order valence-corrected chi connectivity index (χ1v) is 8.32. The molecule has 1 unspecified atom stereocenters. The number of nitrogens with zero attached hydrogens (tertiary/aromatic N) is 3. The quantitative estimate of drug-likeness (QED) is 0.830. The Hall–Kier alpha value is -2.54. The number of aromatic nitrogens is 2. The van der Waals surface area contributed by atoms with Crippen LogP contribution >= 0.6 is 0 Å². The Labute approximate surface area is 144 Å². The zero-order chi connectivity index (χ0) is 17.8. The summed E-state index contributed by atoms with van der Waals surface area (Å²) in [6.45, 7) is 4.44. The van der Waals surface area contributed by atoms with E-state index < -0.39 is 5.82 Å². The molecule has 0 saturated carbocycles. The maximum Gasteiger partial charge on any atom is 0.274 e. The molecular formula is C18H20FN3O3. The lowest BCUT2D eigenvalue weighted by molar-refractivity contribution is 0.0723. The second kappa shape index (κ2) is 7.57. The van der Waals surface area contributed by atoms with Gasteiger partial charge in [0.25, 0.3) is 11.5 Å². The normalized spacial score (nSPS) is 16.8. The predicted molar refractivity (Wildman–Crippen MR) is 90.3 cm³/mol.